The molecule has 0 aromatic carbocycles. The van der Waals surface area contributed by atoms with E-state index in [1.807, 2.05) is 32.2 Å². The molecule has 1 atom stereocenters. The molecular weight excluding hydrogens is 236 g/mol. The molecule has 2 aromatic rings. The first kappa shape index (κ1) is 12.1. The van der Waals surface area contributed by atoms with Crippen LogP contribution in [0.25, 0.3) is 10.9 Å². The van der Waals surface area contributed by atoms with Crippen molar-refractivity contribution < 1.29 is 0 Å². The predicted molar refractivity (Wildman–Crippen MR) is 70.8 cm³/mol. The van der Waals surface area contributed by atoms with Crippen molar-refractivity contribution in [3.63, 3.8) is 0 Å². The van der Waals surface area contributed by atoms with Crippen LogP contribution in [0.15, 0.2) is 23.1 Å². The van der Waals surface area contributed by atoms with E-state index in [9.17, 15) is 4.79 Å². The lowest BCUT2D eigenvalue weighted by Crippen LogP contribution is -2.23. The maximum absolute atomic E-state index is 12.2. The van der Waals surface area contributed by atoms with Crippen molar-refractivity contribution in [3.8, 4) is 0 Å². The fourth-order valence-corrected chi connectivity index (χ4v) is 1.94. The number of aromatic nitrogens is 2. The summed E-state index contributed by atoms with van der Waals surface area (Å²) in [6, 6.07) is 3.99. The summed E-state index contributed by atoms with van der Waals surface area (Å²) >= 11 is 5.97. The van der Waals surface area contributed by atoms with Crippen molar-refractivity contribution >= 4 is 22.5 Å². The van der Waals surface area contributed by atoms with Crippen LogP contribution in [0.1, 0.15) is 31.9 Å². The molecule has 0 saturated heterocycles. The number of hydrogen-bond donors (Lipinski definition) is 0. The largest absolute Gasteiger partial charge is 0.311 e. The molecule has 0 N–H and O–H groups in total. The highest BCUT2D eigenvalue weighted by Gasteiger charge is 2.10. The number of fused-ring (bicyclic) bond motifs is 1. The molecular formula is C13H15ClN2O. The van der Waals surface area contributed by atoms with Crippen molar-refractivity contribution in [2.75, 3.05) is 0 Å². The van der Waals surface area contributed by atoms with Gasteiger partial charge in [-0.3, -0.25) is 4.79 Å². The molecule has 4 heteroatoms. The van der Waals surface area contributed by atoms with Crippen molar-refractivity contribution in [1.29, 1.82) is 0 Å². The first-order chi connectivity index (χ1) is 8.04. The number of halogens is 1. The first-order valence-electron chi connectivity index (χ1n) is 5.72. The standard InChI is InChI=1S/C13H15ClN2O/c1-4-9(3)16-6-5-10-7-8(2)12(14)15-11(10)13(16)17/h5-7,9H,4H2,1-3H3. The van der Waals surface area contributed by atoms with Gasteiger partial charge < -0.3 is 4.57 Å². The lowest BCUT2D eigenvalue weighted by Gasteiger charge is -2.13. The molecule has 0 aliphatic heterocycles. The van der Waals surface area contributed by atoms with Crippen LogP contribution in [0, 0.1) is 6.92 Å². The third-order valence-electron chi connectivity index (χ3n) is 3.10. The summed E-state index contributed by atoms with van der Waals surface area (Å²) in [4.78, 5) is 16.4. The maximum Gasteiger partial charge on any atom is 0.277 e. The van der Waals surface area contributed by atoms with E-state index in [0.717, 1.165) is 17.4 Å². The molecule has 2 aromatic heterocycles. The minimum atomic E-state index is -0.0706. The second-order valence-electron chi connectivity index (χ2n) is 4.32. The van der Waals surface area contributed by atoms with Gasteiger partial charge in [-0.15, -0.1) is 0 Å². The number of nitrogens with zero attached hydrogens (tertiary/aromatic N) is 2. The van der Waals surface area contributed by atoms with E-state index >= 15 is 0 Å². The molecule has 0 spiro atoms. The lowest BCUT2D eigenvalue weighted by atomic mass is 10.2. The average molecular weight is 251 g/mol. The van der Waals surface area contributed by atoms with Gasteiger partial charge >= 0.3 is 0 Å². The molecule has 0 bridgehead atoms. The number of rotatable bonds is 2. The quantitative estimate of drug-likeness (QED) is 0.767. The Kier molecular flexibility index (Phi) is 3.20. The molecule has 0 aliphatic carbocycles. The van der Waals surface area contributed by atoms with Gasteiger partial charge in [0.05, 0.1) is 0 Å². The van der Waals surface area contributed by atoms with Crippen LogP contribution in [0.3, 0.4) is 0 Å². The number of pyridine rings is 2. The second-order valence-corrected chi connectivity index (χ2v) is 4.68. The van der Waals surface area contributed by atoms with Crippen LogP contribution in [0.2, 0.25) is 5.15 Å². The summed E-state index contributed by atoms with van der Waals surface area (Å²) in [5.74, 6) is 0. The van der Waals surface area contributed by atoms with Crippen LogP contribution in [0.4, 0.5) is 0 Å². The highest BCUT2D eigenvalue weighted by atomic mass is 35.5. The van der Waals surface area contributed by atoms with Gasteiger partial charge in [0.2, 0.25) is 0 Å². The molecule has 17 heavy (non-hydrogen) atoms. The number of hydrogen-bond acceptors (Lipinski definition) is 2. The van der Waals surface area contributed by atoms with Gasteiger partial charge in [0.25, 0.3) is 5.56 Å². The minimum Gasteiger partial charge on any atom is -0.311 e. The summed E-state index contributed by atoms with van der Waals surface area (Å²) in [6.07, 6.45) is 2.73. The summed E-state index contributed by atoms with van der Waals surface area (Å²) in [5.41, 5.74) is 1.27. The van der Waals surface area contributed by atoms with Gasteiger partial charge in [0.15, 0.2) is 0 Å². The van der Waals surface area contributed by atoms with Crippen molar-refractivity contribution in [2.45, 2.75) is 33.2 Å². The van der Waals surface area contributed by atoms with Crippen molar-refractivity contribution in [3.05, 3.63) is 39.4 Å². The topological polar surface area (TPSA) is 34.9 Å². The Bertz CT molecular complexity index is 619. The highest BCUT2D eigenvalue weighted by molar-refractivity contribution is 6.30. The van der Waals surface area contributed by atoms with Gasteiger partial charge in [-0.05, 0) is 38.0 Å². The molecule has 0 amide bonds. The Morgan fingerprint density at radius 1 is 1.53 bits per heavy atom. The van der Waals surface area contributed by atoms with Crippen molar-refractivity contribution in [2.24, 2.45) is 0 Å². The minimum absolute atomic E-state index is 0.0706. The van der Waals surface area contributed by atoms with E-state index in [4.69, 9.17) is 11.6 Å². The normalized spacial score (nSPS) is 12.9. The fraction of sp³-hybridized carbons (Fsp3) is 0.385. The van der Waals surface area contributed by atoms with E-state index in [2.05, 4.69) is 11.9 Å². The molecule has 3 nitrogen and oxygen atoms in total. The number of aryl methyl sites for hydroxylation is 1. The van der Waals surface area contributed by atoms with Gasteiger partial charge in [0.1, 0.15) is 10.7 Å². The van der Waals surface area contributed by atoms with Gasteiger partial charge in [0, 0.05) is 17.6 Å². The Morgan fingerprint density at radius 3 is 2.88 bits per heavy atom. The van der Waals surface area contributed by atoms with E-state index in [0.29, 0.717) is 10.7 Å². The summed E-state index contributed by atoms with van der Waals surface area (Å²) in [5, 5.41) is 1.24. The molecule has 0 radical (unpaired) electrons. The van der Waals surface area contributed by atoms with Crippen LogP contribution in [-0.2, 0) is 0 Å². The van der Waals surface area contributed by atoms with Crippen LogP contribution < -0.4 is 5.56 Å². The zero-order chi connectivity index (χ0) is 12.6. The zero-order valence-electron chi connectivity index (χ0n) is 10.2. The summed E-state index contributed by atoms with van der Waals surface area (Å²) in [7, 11) is 0. The molecule has 90 valence electrons. The first-order valence-corrected chi connectivity index (χ1v) is 6.10. The monoisotopic (exact) mass is 250 g/mol. The second kappa shape index (κ2) is 4.49. The SMILES string of the molecule is CCC(C)n1ccc2cc(C)c(Cl)nc2c1=O. The van der Waals surface area contributed by atoms with Gasteiger partial charge in [-0.1, -0.05) is 18.5 Å². The molecule has 0 saturated carbocycles. The Morgan fingerprint density at radius 2 is 2.24 bits per heavy atom. The molecule has 0 fully saturated rings. The molecule has 1 unspecified atom stereocenters. The van der Waals surface area contributed by atoms with Crippen LogP contribution in [0.5, 0.6) is 0 Å². The third kappa shape index (κ3) is 2.07. The summed E-state index contributed by atoms with van der Waals surface area (Å²) in [6.45, 7) is 5.95. The van der Waals surface area contributed by atoms with E-state index in [1.165, 1.54) is 0 Å². The van der Waals surface area contributed by atoms with Gasteiger partial charge in [-0.2, -0.15) is 0 Å². The predicted octanol–water partition coefficient (Wildman–Crippen LogP) is 3.33. The van der Waals surface area contributed by atoms with E-state index in [1.54, 1.807) is 4.57 Å². The lowest BCUT2D eigenvalue weighted by molar-refractivity contribution is 0.517. The van der Waals surface area contributed by atoms with Crippen LogP contribution in [-0.4, -0.2) is 9.55 Å². The third-order valence-corrected chi connectivity index (χ3v) is 3.48. The van der Waals surface area contributed by atoms with Crippen LogP contribution >= 0.6 is 11.6 Å². The fourth-order valence-electron chi connectivity index (χ4n) is 1.80. The molecule has 2 heterocycles. The molecule has 2 rings (SSSR count). The molecule has 0 aliphatic rings. The maximum atomic E-state index is 12.2. The zero-order valence-corrected chi connectivity index (χ0v) is 11.0. The van der Waals surface area contributed by atoms with E-state index in [-0.39, 0.29) is 11.6 Å². The Hall–Kier alpha value is -1.35. The Labute approximate surface area is 105 Å². The van der Waals surface area contributed by atoms with Crippen molar-refractivity contribution in [1.82, 2.24) is 9.55 Å². The summed E-state index contributed by atoms with van der Waals surface area (Å²) < 4.78 is 1.71. The average Bonchev–Trinajstić information content (AvgIpc) is 2.31. The van der Waals surface area contributed by atoms with Gasteiger partial charge in [-0.25, -0.2) is 4.98 Å². The smallest absolute Gasteiger partial charge is 0.277 e. The highest BCUT2D eigenvalue weighted by Crippen LogP contribution is 2.18. The van der Waals surface area contributed by atoms with E-state index < -0.39 is 0 Å². The Balaban J connectivity index is 2.76.